The van der Waals surface area contributed by atoms with E-state index in [4.69, 9.17) is 9.84 Å². The maximum atomic E-state index is 10.7. The minimum Gasteiger partial charge on any atom is -0.482 e. The van der Waals surface area contributed by atoms with E-state index in [9.17, 15) is 4.79 Å². The molecule has 0 radical (unpaired) electrons. The summed E-state index contributed by atoms with van der Waals surface area (Å²) in [4.78, 5) is 11.9. The fourth-order valence-corrected chi connectivity index (χ4v) is 3.86. The summed E-state index contributed by atoms with van der Waals surface area (Å²) < 4.78 is 5.34. The Balaban J connectivity index is 1.66. The zero-order valence-corrected chi connectivity index (χ0v) is 16.3. The second kappa shape index (κ2) is 8.78. The lowest BCUT2D eigenvalue weighted by Crippen LogP contribution is -2.10. The monoisotopic (exact) mass is 378 g/mol. The van der Waals surface area contributed by atoms with Gasteiger partial charge in [0.05, 0.1) is 0 Å². The van der Waals surface area contributed by atoms with Gasteiger partial charge >= 0.3 is 5.97 Å². The van der Waals surface area contributed by atoms with Gasteiger partial charge in [-0.2, -0.15) is 0 Å². The van der Waals surface area contributed by atoms with Crippen LogP contribution >= 0.6 is 11.8 Å². The first-order chi connectivity index (χ1) is 13.0. The van der Waals surface area contributed by atoms with Crippen LogP contribution in [0.1, 0.15) is 16.7 Å². The molecule has 0 saturated heterocycles. The highest BCUT2D eigenvalue weighted by molar-refractivity contribution is 7.98. The highest BCUT2D eigenvalue weighted by Crippen LogP contribution is 2.32. The number of aliphatic carboxylic acids is 1. The molecule has 0 spiro atoms. The summed E-state index contributed by atoms with van der Waals surface area (Å²) in [6.45, 7) is 3.64. The van der Waals surface area contributed by atoms with Crippen molar-refractivity contribution in [3.63, 3.8) is 0 Å². The van der Waals surface area contributed by atoms with Crippen LogP contribution in [-0.2, 0) is 10.5 Å². The maximum absolute atomic E-state index is 10.7. The van der Waals surface area contributed by atoms with Gasteiger partial charge in [0, 0.05) is 10.6 Å². The Hall–Kier alpha value is -2.72. The van der Waals surface area contributed by atoms with Gasteiger partial charge in [0.15, 0.2) is 6.61 Å². The molecule has 27 heavy (non-hydrogen) atoms. The van der Waals surface area contributed by atoms with Crippen molar-refractivity contribution in [2.45, 2.75) is 24.5 Å². The third-order valence-corrected chi connectivity index (χ3v) is 5.51. The molecule has 3 nitrogen and oxygen atoms in total. The number of aryl methyl sites for hydroxylation is 2. The first-order valence-corrected chi connectivity index (χ1v) is 9.74. The van der Waals surface area contributed by atoms with Crippen LogP contribution in [0.3, 0.4) is 0 Å². The average Bonchev–Trinajstić information content (AvgIpc) is 2.68. The fraction of sp³-hybridized carbons (Fsp3) is 0.174. The topological polar surface area (TPSA) is 46.5 Å². The molecule has 1 N–H and O–H groups in total. The highest BCUT2D eigenvalue weighted by Gasteiger charge is 2.08. The molecule has 3 aromatic rings. The number of thioether (sulfide) groups is 1. The van der Waals surface area contributed by atoms with Crippen molar-refractivity contribution in [2.75, 3.05) is 6.61 Å². The Kier molecular flexibility index (Phi) is 6.20. The van der Waals surface area contributed by atoms with Crippen molar-refractivity contribution in [1.29, 1.82) is 0 Å². The third kappa shape index (κ3) is 5.14. The summed E-state index contributed by atoms with van der Waals surface area (Å²) in [5.41, 5.74) is 5.75. The van der Waals surface area contributed by atoms with Gasteiger partial charge in [-0.15, -0.1) is 11.8 Å². The van der Waals surface area contributed by atoms with E-state index in [2.05, 4.69) is 42.5 Å². The van der Waals surface area contributed by atoms with Crippen molar-refractivity contribution in [2.24, 2.45) is 0 Å². The first kappa shape index (κ1) is 19.1. The van der Waals surface area contributed by atoms with Gasteiger partial charge < -0.3 is 9.84 Å². The number of benzene rings is 3. The van der Waals surface area contributed by atoms with Crippen molar-refractivity contribution < 1.29 is 14.6 Å². The molecule has 0 aliphatic heterocycles. The van der Waals surface area contributed by atoms with E-state index >= 15 is 0 Å². The summed E-state index contributed by atoms with van der Waals surface area (Å²) in [6.07, 6.45) is 0. The number of carbonyl (C=O) groups is 1. The SMILES string of the molecule is Cc1cc(SCc2ccc(-c3ccccc3)cc2)c(C)cc1OCC(=O)O. The molecule has 3 aromatic carbocycles. The number of ether oxygens (including phenoxy) is 1. The minimum absolute atomic E-state index is 0.319. The van der Waals surface area contributed by atoms with Gasteiger partial charge in [0.1, 0.15) is 5.75 Å². The molecule has 0 heterocycles. The quantitative estimate of drug-likeness (QED) is 0.534. The number of hydrogen-bond acceptors (Lipinski definition) is 3. The molecule has 0 amide bonds. The van der Waals surface area contributed by atoms with Crippen LogP contribution in [0.25, 0.3) is 11.1 Å². The molecule has 0 atom stereocenters. The van der Waals surface area contributed by atoms with Crippen LogP contribution in [0.2, 0.25) is 0 Å². The first-order valence-electron chi connectivity index (χ1n) is 8.76. The Labute approximate surface area is 164 Å². The second-order valence-corrected chi connectivity index (χ2v) is 7.43. The molecule has 4 heteroatoms. The summed E-state index contributed by atoms with van der Waals surface area (Å²) in [5.74, 6) is 0.543. The fourth-order valence-electron chi connectivity index (χ4n) is 2.80. The van der Waals surface area contributed by atoms with Gasteiger partial charge in [0.2, 0.25) is 0 Å². The van der Waals surface area contributed by atoms with Crippen molar-refractivity contribution in [3.8, 4) is 16.9 Å². The lowest BCUT2D eigenvalue weighted by Gasteiger charge is -2.12. The van der Waals surface area contributed by atoms with Gasteiger partial charge in [0.25, 0.3) is 0 Å². The van der Waals surface area contributed by atoms with E-state index in [1.54, 1.807) is 11.8 Å². The van der Waals surface area contributed by atoms with Gasteiger partial charge in [-0.05, 0) is 53.8 Å². The molecule has 0 aromatic heterocycles. The normalized spacial score (nSPS) is 10.6. The zero-order valence-electron chi connectivity index (χ0n) is 15.4. The predicted octanol–water partition coefficient (Wildman–Crippen LogP) is 5.73. The molecule has 138 valence electrons. The summed E-state index contributed by atoms with van der Waals surface area (Å²) in [7, 11) is 0. The van der Waals surface area contributed by atoms with E-state index in [0.717, 1.165) is 16.9 Å². The molecular formula is C23H22O3S. The molecule has 0 fully saturated rings. The lowest BCUT2D eigenvalue weighted by molar-refractivity contribution is -0.139. The van der Waals surface area contributed by atoms with E-state index in [1.165, 1.54) is 21.6 Å². The molecule has 3 rings (SSSR count). The summed E-state index contributed by atoms with van der Waals surface area (Å²) in [5, 5.41) is 8.76. The van der Waals surface area contributed by atoms with E-state index in [-0.39, 0.29) is 6.61 Å². The van der Waals surface area contributed by atoms with Crippen LogP contribution in [0.15, 0.2) is 71.6 Å². The highest BCUT2D eigenvalue weighted by atomic mass is 32.2. The van der Waals surface area contributed by atoms with Gasteiger partial charge in [-0.25, -0.2) is 4.79 Å². The van der Waals surface area contributed by atoms with Crippen LogP contribution in [0, 0.1) is 13.8 Å². The lowest BCUT2D eigenvalue weighted by atomic mass is 10.0. The Morgan fingerprint density at radius 3 is 2.26 bits per heavy atom. The maximum Gasteiger partial charge on any atom is 0.341 e. The van der Waals surface area contributed by atoms with Crippen LogP contribution in [0.4, 0.5) is 0 Å². The Bertz CT molecular complexity index is 918. The van der Waals surface area contributed by atoms with E-state index < -0.39 is 5.97 Å². The standard InChI is InChI=1S/C23H22O3S/c1-16-13-22(17(2)12-21(16)26-14-23(24)25)27-15-18-8-10-20(11-9-18)19-6-4-3-5-7-19/h3-13H,14-15H2,1-2H3,(H,24,25). The van der Waals surface area contributed by atoms with Crippen LogP contribution in [-0.4, -0.2) is 17.7 Å². The van der Waals surface area contributed by atoms with Crippen LogP contribution < -0.4 is 4.74 Å². The Morgan fingerprint density at radius 2 is 1.59 bits per heavy atom. The van der Waals surface area contributed by atoms with Crippen LogP contribution in [0.5, 0.6) is 5.75 Å². The smallest absolute Gasteiger partial charge is 0.341 e. The average molecular weight is 378 g/mol. The molecule has 0 saturated carbocycles. The van der Waals surface area contributed by atoms with Crippen molar-refractivity contribution in [1.82, 2.24) is 0 Å². The van der Waals surface area contributed by atoms with E-state index in [0.29, 0.717) is 5.75 Å². The molecule has 0 aliphatic carbocycles. The number of carboxylic acids is 1. The third-order valence-electron chi connectivity index (χ3n) is 4.28. The number of hydrogen-bond donors (Lipinski definition) is 1. The Morgan fingerprint density at radius 1 is 0.926 bits per heavy atom. The molecule has 0 unspecified atom stereocenters. The summed E-state index contributed by atoms with van der Waals surface area (Å²) >= 11 is 1.78. The van der Waals surface area contributed by atoms with Gasteiger partial charge in [-0.3, -0.25) is 0 Å². The minimum atomic E-state index is -0.968. The van der Waals surface area contributed by atoms with Crippen molar-refractivity contribution in [3.05, 3.63) is 83.4 Å². The number of carboxylic acid groups (broad SMARTS) is 1. The molecular weight excluding hydrogens is 356 g/mol. The van der Waals surface area contributed by atoms with E-state index in [1.807, 2.05) is 38.1 Å². The van der Waals surface area contributed by atoms with Crippen molar-refractivity contribution >= 4 is 17.7 Å². The zero-order chi connectivity index (χ0) is 19.2. The largest absolute Gasteiger partial charge is 0.482 e. The molecule has 0 bridgehead atoms. The number of rotatable bonds is 7. The summed E-state index contributed by atoms with van der Waals surface area (Å²) in [6, 6.07) is 23.0. The second-order valence-electron chi connectivity index (χ2n) is 6.42. The predicted molar refractivity (Wildman–Crippen MR) is 110 cm³/mol. The molecule has 0 aliphatic rings. The van der Waals surface area contributed by atoms with Gasteiger partial charge in [-0.1, -0.05) is 54.6 Å².